The SMILES string of the molecule is CC/C=C\C/C=C\C/C=C\C/C=C\C/C=C\C/C=C\CCC(=O)OCC(COC(=O)CCCCCC/C=C\CCCC)OC(=O)CCCCC/C=C\C=C/CCCCCCCCC. The highest BCUT2D eigenvalue weighted by Gasteiger charge is 2.19. The Kier molecular flexibility index (Phi) is 47.5. The number of ether oxygens (including phenoxy) is 3. The second-order valence-electron chi connectivity index (χ2n) is 16.4. The molecule has 0 aliphatic rings. The van der Waals surface area contributed by atoms with Crippen molar-refractivity contribution in [3.8, 4) is 0 Å². The van der Waals surface area contributed by atoms with Gasteiger partial charge in [0, 0.05) is 19.3 Å². The standard InChI is InChI=1S/C57H92O6/c1-4-7-10-13-16-19-22-24-26-28-29-30-32-33-35-38-41-44-47-50-56(59)62-53-54(52-61-55(58)49-46-43-40-37-21-18-15-12-9-6-3)63-57(60)51-48-45-42-39-36-34-31-27-25-23-20-17-14-11-8-5-2/h7,10,15-16,18-19,24,26-27,29-31,33-36,41,44,54H,4-6,8-9,11-14,17,20-23,25,28,32,37-40,42-43,45-53H2,1-3H3/b10-7-,18-15-,19-16-,26-24-,30-29-,31-27-,35-33-,36-34-,44-41-. The smallest absolute Gasteiger partial charge is 0.306 e. The number of unbranched alkanes of at least 4 members (excludes halogenated alkanes) is 16. The van der Waals surface area contributed by atoms with Gasteiger partial charge in [-0.3, -0.25) is 14.4 Å². The van der Waals surface area contributed by atoms with Crippen LogP contribution in [0.4, 0.5) is 0 Å². The Morgan fingerprint density at radius 2 is 0.714 bits per heavy atom. The van der Waals surface area contributed by atoms with E-state index in [4.69, 9.17) is 14.2 Å². The quantitative estimate of drug-likeness (QED) is 0.0199. The number of hydrogen-bond donors (Lipinski definition) is 0. The Morgan fingerprint density at radius 1 is 0.349 bits per heavy atom. The Labute approximate surface area is 387 Å². The van der Waals surface area contributed by atoms with Crippen molar-refractivity contribution in [2.75, 3.05) is 13.2 Å². The Morgan fingerprint density at radius 3 is 1.22 bits per heavy atom. The van der Waals surface area contributed by atoms with Gasteiger partial charge in [0.05, 0.1) is 0 Å². The normalized spacial score (nSPS) is 13.0. The molecule has 356 valence electrons. The van der Waals surface area contributed by atoms with Gasteiger partial charge in [0.25, 0.3) is 0 Å². The minimum Gasteiger partial charge on any atom is -0.462 e. The first-order valence-electron chi connectivity index (χ1n) is 25.4. The molecule has 0 rings (SSSR count). The molecule has 0 aliphatic heterocycles. The molecule has 0 fully saturated rings. The molecule has 0 heterocycles. The van der Waals surface area contributed by atoms with Crippen molar-refractivity contribution in [1.29, 1.82) is 0 Å². The van der Waals surface area contributed by atoms with Gasteiger partial charge >= 0.3 is 17.9 Å². The summed E-state index contributed by atoms with van der Waals surface area (Å²) in [6.07, 6.45) is 68.0. The van der Waals surface area contributed by atoms with Crippen molar-refractivity contribution in [2.24, 2.45) is 0 Å². The largest absolute Gasteiger partial charge is 0.462 e. The van der Waals surface area contributed by atoms with Crippen LogP contribution in [0.2, 0.25) is 0 Å². The molecule has 0 N–H and O–H groups in total. The van der Waals surface area contributed by atoms with Crippen molar-refractivity contribution in [2.45, 2.75) is 219 Å². The zero-order valence-corrected chi connectivity index (χ0v) is 40.5. The van der Waals surface area contributed by atoms with Crippen LogP contribution < -0.4 is 0 Å². The van der Waals surface area contributed by atoms with E-state index >= 15 is 0 Å². The van der Waals surface area contributed by atoms with Gasteiger partial charge in [-0.1, -0.05) is 201 Å². The summed E-state index contributed by atoms with van der Waals surface area (Å²) in [5, 5.41) is 0. The lowest BCUT2D eigenvalue weighted by Crippen LogP contribution is -2.30. The van der Waals surface area contributed by atoms with Crippen LogP contribution in [-0.4, -0.2) is 37.2 Å². The molecule has 6 nitrogen and oxygen atoms in total. The number of carbonyl (C=O) groups is 3. The molecule has 63 heavy (non-hydrogen) atoms. The van der Waals surface area contributed by atoms with E-state index < -0.39 is 6.10 Å². The Bertz CT molecular complexity index is 1330. The molecule has 1 unspecified atom stereocenters. The summed E-state index contributed by atoms with van der Waals surface area (Å²) in [6.45, 7) is 6.36. The van der Waals surface area contributed by atoms with E-state index in [1.54, 1.807) is 0 Å². The first-order chi connectivity index (χ1) is 31.0. The van der Waals surface area contributed by atoms with Gasteiger partial charge in [-0.05, 0) is 103 Å². The molecule has 1 atom stereocenters. The van der Waals surface area contributed by atoms with Gasteiger partial charge in [-0.25, -0.2) is 0 Å². The Balaban J connectivity index is 4.54. The summed E-state index contributed by atoms with van der Waals surface area (Å²) in [4.78, 5) is 37.9. The third-order valence-electron chi connectivity index (χ3n) is 10.3. The van der Waals surface area contributed by atoms with Gasteiger partial charge in [0.1, 0.15) is 13.2 Å². The second-order valence-corrected chi connectivity index (χ2v) is 16.4. The van der Waals surface area contributed by atoms with Gasteiger partial charge in [-0.2, -0.15) is 0 Å². The van der Waals surface area contributed by atoms with Gasteiger partial charge in [0.2, 0.25) is 0 Å². The zero-order valence-electron chi connectivity index (χ0n) is 40.5. The lowest BCUT2D eigenvalue weighted by atomic mass is 10.1. The van der Waals surface area contributed by atoms with E-state index in [2.05, 4.69) is 118 Å². The highest BCUT2D eigenvalue weighted by Crippen LogP contribution is 2.12. The molecule has 0 amide bonds. The van der Waals surface area contributed by atoms with E-state index in [0.717, 1.165) is 103 Å². The number of carbonyl (C=O) groups excluding carboxylic acids is 3. The van der Waals surface area contributed by atoms with Crippen LogP contribution in [0.5, 0.6) is 0 Å². The third kappa shape index (κ3) is 49.0. The monoisotopic (exact) mass is 873 g/mol. The summed E-state index contributed by atoms with van der Waals surface area (Å²) in [5.74, 6) is -1.05. The molecular weight excluding hydrogens is 781 g/mol. The predicted molar refractivity (Wildman–Crippen MR) is 270 cm³/mol. The van der Waals surface area contributed by atoms with Crippen LogP contribution in [0.25, 0.3) is 0 Å². The molecular formula is C57H92O6. The van der Waals surface area contributed by atoms with Crippen molar-refractivity contribution in [3.63, 3.8) is 0 Å². The minimum absolute atomic E-state index is 0.120. The van der Waals surface area contributed by atoms with Gasteiger partial charge in [-0.15, -0.1) is 0 Å². The summed E-state index contributed by atoms with van der Waals surface area (Å²) in [5.41, 5.74) is 0. The summed E-state index contributed by atoms with van der Waals surface area (Å²) in [7, 11) is 0. The minimum atomic E-state index is -0.827. The molecule has 0 radical (unpaired) electrons. The van der Waals surface area contributed by atoms with Crippen LogP contribution in [-0.2, 0) is 28.6 Å². The second kappa shape index (κ2) is 50.7. The molecule has 0 aromatic carbocycles. The van der Waals surface area contributed by atoms with Crippen molar-refractivity contribution < 1.29 is 28.6 Å². The zero-order chi connectivity index (χ0) is 45.8. The van der Waals surface area contributed by atoms with Crippen LogP contribution in [0, 0.1) is 0 Å². The first-order valence-corrected chi connectivity index (χ1v) is 25.4. The lowest BCUT2D eigenvalue weighted by Gasteiger charge is -2.18. The number of allylic oxidation sites excluding steroid dienone is 18. The summed E-state index contributed by atoms with van der Waals surface area (Å²) >= 11 is 0. The molecule has 0 bridgehead atoms. The fourth-order valence-electron chi connectivity index (χ4n) is 6.44. The average Bonchev–Trinajstić information content (AvgIpc) is 3.28. The van der Waals surface area contributed by atoms with Crippen LogP contribution in [0.3, 0.4) is 0 Å². The van der Waals surface area contributed by atoms with Crippen molar-refractivity contribution in [1.82, 2.24) is 0 Å². The maximum atomic E-state index is 12.8. The molecule has 0 spiro atoms. The highest BCUT2D eigenvalue weighted by atomic mass is 16.6. The molecule has 0 saturated carbocycles. The Hall–Kier alpha value is -3.93. The maximum Gasteiger partial charge on any atom is 0.306 e. The summed E-state index contributed by atoms with van der Waals surface area (Å²) in [6, 6.07) is 0. The lowest BCUT2D eigenvalue weighted by molar-refractivity contribution is -0.166. The van der Waals surface area contributed by atoms with Gasteiger partial charge < -0.3 is 14.2 Å². The fraction of sp³-hybridized carbons (Fsp3) is 0.632. The molecule has 0 aliphatic carbocycles. The first kappa shape index (κ1) is 59.1. The van der Waals surface area contributed by atoms with Crippen LogP contribution in [0.1, 0.15) is 213 Å². The molecule has 0 aromatic heterocycles. The van der Waals surface area contributed by atoms with E-state index in [0.29, 0.717) is 19.3 Å². The van der Waals surface area contributed by atoms with Crippen molar-refractivity contribution in [3.05, 3.63) is 109 Å². The maximum absolute atomic E-state index is 12.8. The number of esters is 3. The molecule has 6 heteroatoms. The van der Waals surface area contributed by atoms with E-state index in [-0.39, 0.29) is 44.0 Å². The third-order valence-corrected chi connectivity index (χ3v) is 10.3. The molecule has 0 aromatic rings. The van der Waals surface area contributed by atoms with Crippen LogP contribution in [0.15, 0.2) is 109 Å². The van der Waals surface area contributed by atoms with E-state index in [1.165, 1.54) is 57.8 Å². The van der Waals surface area contributed by atoms with Crippen LogP contribution >= 0.6 is 0 Å². The highest BCUT2D eigenvalue weighted by molar-refractivity contribution is 5.71. The average molecular weight is 873 g/mol. The van der Waals surface area contributed by atoms with Crippen molar-refractivity contribution >= 4 is 17.9 Å². The molecule has 0 saturated heterocycles. The summed E-state index contributed by atoms with van der Waals surface area (Å²) < 4.78 is 16.7. The van der Waals surface area contributed by atoms with E-state index in [9.17, 15) is 14.4 Å². The van der Waals surface area contributed by atoms with E-state index in [1.807, 2.05) is 12.2 Å². The number of rotatable bonds is 44. The van der Waals surface area contributed by atoms with Gasteiger partial charge in [0.15, 0.2) is 6.10 Å². The number of hydrogen-bond acceptors (Lipinski definition) is 6. The fourth-order valence-corrected chi connectivity index (χ4v) is 6.44. The topological polar surface area (TPSA) is 78.9 Å². The predicted octanol–water partition coefficient (Wildman–Crippen LogP) is 16.8.